The molecule has 1 atom stereocenters. The third-order valence-corrected chi connectivity index (χ3v) is 6.26. The smallest absolute Gasteiger partial charge is 0.416 e. The van der Waals surface area contributed by atoms with Crippen LogP contribution in [0.25, 0.3) is 5.76 Å². The van der Waals surface area contributed by atoms with E-state index in [1.54, 1.807) is 18.4 Å². The van der Waals surface area contributed by atoms with Crippen LogP contribution in [0.1, 0.15) is 27.6 Å². The number of benzene rings is 2. The Morgan fingerprint density at radius 1 is 1.00 bits per heavy atom. The fourth-order valence-electron chi connectivity index (χ4n) is 3.59. The van der Waals surface area contributed by atoms with Crippen LogP contribution in [0.4, 0.5) is 23.2 Å². The highest BCUT2D eigenvalue weighted by Gasteiger charge is 2.48. The number of hydrogen-bond acceptors (Lipinski definition) is 4. The van der Waals surface area contributed by atoms with E-state index in [0.29, 0.717) is 4.88 Å². The molecular weight excluding hydrogens is 446 g/mol. The van der Waals surface area contributed by atoms with Gasteiger partial charge in [0.1, 0.15) is 17.6 Å². The van der Waals surface area contributed by atoms with E-state index in [1.807, 2.05) is 0 Å². The van der Waals surface area contributed by atoms with Crippen LogP contribution in [0.15, 0.2) is 65.6 Å². The van der Waals surface area contributed by atoms with E-state index in [2.05, 4.69) is 0 Å². The highest BCUT2D eigenvalue weighted by molar-refractivity contribution is 7.10. The molecular formula is C23H15F4NO3S. The lowest BCUT2D eigenvalue weighted by Crippen LogP contribution is -2.29. The van der Waals surface area contributed by atoms with Crippen molar-refractivity contribution in [3.05, 3.63) is 92.9 Å². The molecule has 3 aromatic rings. The molecule has 1 amide bonds. The number of ketones is 1. The minimum atomic E-state index is -4.56. The first-order chi connectivity index (χ1) is 15.1. The van der Waals surface area contributed by atoms with E-state index in [0.717, 1.165) is 46.9 Å². The van der Waals surface area contributed by atoms with Gasteiger partial charge < -0.3 is 5.11 Å². The Hall–Kier alpha value is -3.46. The summed E-state index contributed by atoms with van der Waals surface area (Å²) < 4.78 is 52.2. The first-order valence-electron chi connectivity index (χ1n) is 9.38. The second-order valence-corrected chi connectivity index (χ2v) is 8.14. The number of thiophene rings is 1. The first-order valence-corrected chi connectivity index (χ1v) is 10.3. The molecule has 1 saturated heterocycles. The number of amides is 1. The van der Waals surface area contributed by atoms with E-state index >= 15 is 0 Å². The number of anilines is 1. The van der Waals surface area contributed by atoms with E-state index in [1.165, 1.54) is 23.5 Å². The average Bonchev–Trinajstić information content (AvgIpc) is 3.28. The summed E-state index contributed by atoms with van der Waals surface area (Å²) in [6.07, 6.45) is -4.56. The maximum atomic E-state index is 13.3. The monoisotopic (exact) mass is 461 g/mol. The molecule has 0 spiro atoms. The van der Waals surface area contributed by atoms with Gasteiger partial charge in [0.2, 0.25) is 0 Å². The van der Waals surface area contributed by atoms with Crippen molar-refractivity contribution in [2.24, 2.45) is 0 Å². The van der Waals surface area contributed by atoms with Crippen molar-refractivity contribution in [1.29, 1.82) is 0 Å². The van der Waals surface area contributed by atoms with Crippen molar-refractivity contribution in [2.45, 2.75) is 19.1 Å². The summed E-state index contributed by atoms with van der Waals surface area (Å²) in [7, 11) is 0. The number of aryl methyl sites for hydroxylation is 1. The summed E-state index contributed by atoms with van der Waals surface area (Å²) in [5, 5.41) is 12.6. The van der Waals surface area contributed by atoms with Crippen molar-refractivity contribution in [2.75, 3.05) is 4.90 Å². The molecule has 0 aliphatic carbocycles. The molecule has 32 heavy (non-hydrogen) atoms. The van der Waals surface area contributed by atoms with Gasteiger partial charge in [0.05, 0.1) is 11.1 Å². The maximum absolute atomic E-state index is 13.3. The van der Waals surface area contributed by atoms with E-state index in [4.69, 9.17) is 0 Å². The summed E-state index contributed by atoms with van der Waals surface area (Å²) in [5.41, 5.74) is -0.157. The van der Waals surface area contributed by atoms with Gasteiger partial charge in [-0.25, -0.2) is 4.39 Å². The number of rotatable bonds is 3. The number of carbonyl (C=O) groups is 2. The van der Waals surface area contributed by atoms with E-state index in [9.17, 15) is 32.3 Å². The Morgan fingerprint density at radius 2 is 1.62 bits per heavy atom. The fourth-order valence-corrected chi connectivity index (χ4v) is 4.61. The normalized spacial score (nSPS) is 18.4. The molecule has 1 fully saturated rings. The third kappa shape index (κ3) is 3.69. The van der Waals surface area contributed by atoms with E-state index in [-0.39, 0.29) is 16.8 Å². The molecule has 1 aromatic heterocycles. The Kier molecular flexibility index (Phi) is 5.37. The van der Waals surface area contributed by atoms with Gasteiger partial charge in [-0.15, -0.1) is 11.3 Å². The predicted molar refractivity (Wildman–Crippen MR) is 112 cm³/mol. The number of halogens is 4. The summed E-state index contributed by atoms with van der Waals surface area (Å²) in [4.78, 5) is 27.6. The zero-order chi connectivity index (χ0) is 23.2. The molecule has 164 valence electrons. The van der Waals surface area contributed by atoms with Crippen LogP contribution >= 0.6 is 11.3 Å². The van der Waals surface area contributed by atoms with Crippen LogP contribution in [0.5, 0.6) is 0 Å². The quantitative estimate of drug-likeness (QED) is 0.231. The molecule has 1 unspecified atom stereocenters. The van der Waals surface area contributed by atoms with E-state index < -0.39 is 41.0 Å². The number of hydrogen-bond donors (Lipinski definition) is 1. The number of carbonyl (C=O) groups excluding carboxylic acids is 2. The number of aliphatic hydroxyl groups is 1. The van der Waals surface area contributed by atoms with Gasteiger partial charge in [0, 0.05) is 16.1 Å². The molecule has 2 aromatic carbocycles. The predicted octanol–water partition coefficient (Wildman–Crippen LogP) is 5.84. The SMILES string of the molecule is Cc1ccsc1C1/C(=C(/O)c2ccc(F)cc2)C(=O)C(=O)N1c1ccc(C(F)(F)F)cc1. The number of Topliss-reactive ketones (excluding diaryl/α,β-unsaturated/α-hetero) is 1. The molecule has 4 nitrogen and oxygen atoms in total. The minimum Gasteiger partial charge on any atom is -0.507 e. The topological polar surface area (TPSA) is 57.6 Å². The lowest BCUT2D eigenvalue weighted by molar-refractivity contribution is -0.137. The molecule has 2 heterocycles. The Balaban J connectivity index is 1.90. The largest absolute Gasteiger partial charge is 0.507 e. The van der Waals surface area contributed by atoms with Crippen molar-refractivity contribution in [3.8, 4) is 0 Å². The lowest BCUT2D eigenvalue weighted by Gasteiger charge is -2.25. The van der Waals surface area contributed by atoms with Gasteiger partial charge in [-0.05, 0) is 72.5 Å². The highest BCUT2D eigenvalue weighted by atomic mass is 32.1. The van der Waals surface area contributed by atoms with Gasteiger partial charge in [-0.2, -0.15) is 13.2 Å². The maximum Gasteiger partial charge on any atom is 0.416 e. The van der Waals surface area contributed by atoms with Crippen LogP contribution in [-0.2, 0) is 15.8 Å². The second kappa shape index (κ2) is 7.90. The van der Waals surface area contributed by atoms with Gasteiger partial charge >= 0.3 is 6.18 Å². The van der Waals surface area contributed by atoms with Crippen LogP contribution in [-0.4, -0.2) is 16.8 Å². The Morgan fingerprint density at radius 3 is 2.16 bits per heavy atom. The van der Waals surface area contributed by atoms with Crippen molar-refractivity contribution in [3.63, 3.8) is 0 Å². The molecule has 1 aliphatic heterocycles. The number of nitrogens with zero attached hydrogens (tertiary/aromatic N) is 1. The first kappa shape index (κ1) is 21.8. The fraction of sp³-hybridized carbons (Fsp3) is 0.130. The molecule has 0 saturated carbocycles. The Labute approximate surface area is 184 Å². The molecule has 4 rings (SSSR count). The van der Waals surface area contributed by atoms with Gasteiger partial charge in [-0.3, -0.25) is 14.5 Å². The van der Waals surface area contributed by atoms with Crippen molar-refractivity contribution >= 4 is 34.5 Å². The lowest BCUT2D eigenvalue weighted by atomic mass is 9.98. The minimum absolute atomic E-state index is 0.0797. The van der Waals surface area contributed by atoms with Gasteiger partial charge in [-0.1, -0.05) is 0 Å². The number of alkyl halides is 3. The zero-order valence-corrected chi connectivity index (χ0v) is 17.3. The molecule has 1 aliphatic rings. The number of aliphatic hydroxyl groups excluding tert-OH is 1. The van der Waals surface area contributed by atoms with Crippen molar-refractivity contribution < 1.29 is 32.3 Å². The Bertz CT molecular complexity index is 1230. The van der Waals surface area contributed by atoms with Gasteiger partial charge in [0.25, 0.3) is 11.7 Å². The van der Waals surface area contributed by atoms with Crippen molar-refractivity contribution in [1.82, 2.24) is 0 Å². The van der Waals surface area contributed by atoms with Crippen LogP contribution in [0.2, 0.25) is 0 Å². The zero-order valence-electron chi connectivity index (χ0n) is 16.5. The average molecular weight is 461 g/mol. The van der Waals surface area contributed by atoms with Crippen LogP contribution < -0.4 is 4.90 Å². The summed E-state index contributed by atoms with van der Waals surface area (Å²) in [6.45, 7) is 1.76. The van der Waals surface area contributed by atoms with Crippen LogP contribution in [0.3, 0.4) is 0 Å². The molecule has 1 N–H and O–H groups in total. The third-order valence-electron chi connectivity index (χ3n) is 5.18. The summed E-state index contributed by atoms with van der Waals surface area (Å²) in [6, 6.07) is 9.35. The molecule has 0 radical (unpaired) electrons. The molecule has 0 bridgehead atoms. The standard InChI is InChI=1S/C23H15F4NO3S/c1-12-10-11-32-21(12)18-17(19(29)13-2-6-15(24)7-3-13)20(30)22(31)28(18)16-8-4-14(5-9-16)23(25,26)27/h2-11,18,29H,1H3/b19-17-. The molecule has 9 heteroatoms. The second-order valence-electron chi connectivity index (χ2n) is 7.19. The summed E-state index contributed by atoms with van der Waals surface area (Å²) >= 11 is 1.24. The summed E-state index contributed by atoms with van der Waals surface area (Å²) in [5.74, 6) is -3.00. The van der Waals surface area contributed by atoms with Gasteiger partial charge in [0.15, 0.2) is 0 Å². The highest BCUT2D eigenvalue weighted by Crippen LogP contribution is 2.45. The van der Waals surface area contributed by atoms with Crippen LogP contribution in [0, 0.1) is 12.7 Å².